The average Bonchev–Trinajstić information content (AvgIpc) is 2.40. The summed E-state index contributed by atoms with van der Waals surface area (Å²) in [4.78, 5) is 12.5. The van der Waals surface area contributed by atoms with Crippen LogP contribution < -0.4 is 15.8 Å². The van der Waals surface area contributed by atoms with Crippen molar-refractivity contribution in [2.24, 2.45) is 11.7 Å². The fraction of sp³-hybridized carbons (Fsp3) is 0.562. The van der Waals surface area contributed by atoms with Crippen LogP contribution in [0.4, 0.5) is 5.69 Å². The molecule has 1 aromatic carbocycles. The number of benzene rings is 1. The number of amides is 1. The number of carbonyl (C=O) groups is 1. The van der Waals surface area contributed by atoms with Crippen molar-refractivity contribution in [3.8, 4) is 5.75 Å². The van der Waals surface area contributed by atoms with Crippen LogP contribution in [0.2, 0.25) is 0 Å². The van der Waals surface area contributed by atoms with Crippen LogP contribution in [0.15, 0.2) is 18.2 Å². The number of carbonyl (C=O) groups excluding carboxylic acids is 1. The van der Waals surface area contributed by atoms with Gasteiger partial charge in [0.2, 0.25) is 5.91 Å². The van der Waals surface area contributed by atoms with Crippen LogP contribution in [0.1, 0.15) is 38.2 Å². The molecule has 110 valence electrons. The van der Waals surface area contributed by atoms with Gasteiger partial charge in [0.25, 0.3) is 0 Å². The van der Waals surface area contributed by atoms with Crippen LogP contribution in [0, 0.1) is 12.8 Å². The van der Waals surface area contributed by atoms with Gasteiger partial charge in [0.05, 0.1) is 12.6 Å². The first-order valence-electron chi connectivity index (χ1n) is 7.19. The number of aryl methyl sites for hydroxylation is 1. The van der Waals surface area contributed by atoms with Crippen molar-refractivity contribution >= 4 is 11.6 Å². The minimum absolute atomic E-state index is 0.0719. The Labute approximate surface area is 120 Å². The highest BCUT2D eigenvalue weighted by molar-refractivity contribution is 5.98. The molecule has 1 saturated carbocycles. The number of hydrogen-bond acceptors (Lipinski definition) is 3. The minimum atomic E-state index is -0.732. The number of rotatable bonds is 3. The maximum Gasteiger partial charge on any atom is 0.244 e. The Kier molecular flexibility index (Phi) is 4.33. The van der Waals surface area contributed by atoms with Gasteiger partial charge in [-0.15, -0.1) is 0 Å². The molecule has 3 N–H and O–H groups in total. The fourth-order valence-electron chi connectivity index (χ4n) is 2.95. The molecule has 0 radical (unpaired) electrons. The van der Waals surface area contributed by atoms with Crippen molar-refractivity contribution in [2.75, 3.05) is 12.4 Å². The Bertz CT molecular complexity index is 501. The molecule has 1 aliphatic carbocycles. The van der Waals surface area contributed by atoms with Crippen LogP contribution in [-0.2, 0) is 4.79 Å². The van der Waals surface area contributed by atoms with E-state index in [0.717, 1.165) is 42.7 Å². The molecule has 4 heteroatoms. The van der Waals surface area contributed by atoms with E-state index in [0.29, 0.717) is 5.92 Å². The first-order valence-corrected chi connectivity index (χ1v) is 7.19. The van der Waals surface area contributed by atoms with Crippen molar-refractivity contribution in [2.45, 2.75) is 45.1 Å². The number of ether oxygens (including phenoxy) is 1. The molecule has 20 heavy (non-hydrogen) atoms. The Balaban J connectivity index is 2.11. The number of hydrogen-bond donors (Lipinski definition) is 2. The molecule has 2 rings (SSSR count). The maximum absolute atomic E-state index is 12.5. The largest absolute Gasteiger partial charge is 0.497 e. The predicted octanol–water partition coefficient (Wildman–Crippen LogP) is 2.85. The van der Waals surface area contributed by atoms with E-state index in [-0.39, 0.29) is 5.91 Å². The van der Waals surface area contributed by atoms with Crippen molar-refractivity contribution in [3.63, 3.8) is 0 Å². The predicted molar refractivity (Wildman–Crippen MR) is 80.9 cm³/mol. The molecule has 2 atom stereocenters. The number of methoxy groups -OCH3 is 1. The quantitative estimate of drug-likeness (QED) is 0.892. The SMILES string of the molecule is COc1ccc(NC(=O)C2(N)CCCC(C)C2)c(C)c1. The van der Waals surface area contributed by atoms with E-state index in [1.807, 2.05) is 25.1 Å². The third kappa shape index (κ3) is 3.12. The molecular formula is C16H24N2O2. The van der Waals surface area contributed by atoms with E-state index in [4.69, 9.17) is 10.5 Å². The van der Waals surface area contributed by atoms with Crippen molar-refractivity contribution < 1.29 is 9.53 Å². The summed E-state index contributed by atoms with van der Waals surface area (Å²) in [5.41, 5.74) is 7.36. The Morgan fingerprint density at radius 3 is 2.85 bits per heavy atom. The Hall–Kier alpha value is -1.55. The van der Waals surface area contributed by atoms with Crippen molar-refractivity contribution in [1.82, 2.24) is 0 Å². The summed E-state index contributed by atoms with van der Waals surface area (Å²) < 4.78 is 5.17. The molecule has 1 amide bonds. The summed E-state index contributed by atoms with van der Waals surface area (Å²) in [6, 6.07) is 5.61. The summed E-state index contributed by atoms with van der Waals surface area (Å²) in [7, 11) is 1.63. The van der Waals surface area contributed by atoms with Crippen LogP contribution in [0.5, 0.6) is 5.75 Å². The highest BCUT2D eigenvalue weighted by atomic mass is 16.5. The molecule has 1 aliphatic rings. The molecule has 1 fully saturated rings. The summed E-state index contributed by atoms with van der Waals surface area (Å²) in [5, 5.41) is 2.97. The molecule has 0 aliphatic heterocycles. The van der Waals surface area contributed by atoms with Crippen LogP contribution in [0.3, 0.4) is 0 Å². The van der Waals surface area contributed by atoms with Gasteiger partial charge in [0.1, 0.15) is 5.75 Å². The average molecular weight is 276 g/mol. The summed E-state index contributed by atoms with van der Waals surface area (Å²) in [6.07, 6.45) is 3.70. The molecule has 1 aromatic rings. The van der Waals surface area contributed by atoms with Crippen LogP contribution in [-0.4, -0.2) is 18.6 Å². The molecule has 2 unspecified atom stereocenters. The molecule has 0 aromatic heterocycles. The standard InChI is InChI=1S/C16H24N2O2/c1-11-5-4-8-16(17,10-11)15(19)18-14-7-6-13(20-3)9-12(14)2/h6-7,9,11H,4-5,8,10,17H2,1-3H3,(H,18,19). The lowest BCUT2D eigenvalue weighted by atomic mass is 9.76. The van der Waals surface area contributed by atoms with Gasteiger partial charge in [-0.05, 0) is 49.4 Å². The first-order chi connectivity index (χ1) is 9.44. The van der Waals surface area contributed by atoms with Gasteiger partial charge < -0.3 is 15.8 Å². The zero-order valence-electron chi connectivity index (χ0n) is 12.5. The molecule has 0 bridgehead atoms. The van der Waals surface area contributed by atoms with Gasteiger partial charge in [-0.25, -0.2) is 0 Å². The number of nitrogens with one attached hydrogen (secondary N) is 1. The van der Waals surface area contributed by atoms with Crippen molar-refractivity contribution in [3.05, 3.63) is 23.8 Å². The van der Waals surface area contributed by atoms with E-state index in [1.54, 1.807) is 7.11 Å². The van der Waals surface area contributed by atoms with Gasteiger partial charge in [0.15, 0.2) is 0 Å². The van der Waals surface area contributed by atoms with Gasteiger partial charge >= 0.3 is 0 Å². The number of anilines is 1. The van der Waals surface area contributed by atoms with Gasteiger partial charge in [-0.3, -0.25) is 4.79 Å². The maximum atomic E-state index is 12.5. The normalized spacial score (nSPS) is 26.1. The lowest BCUT2D eigenvalue weighted by Gasteiger charge is -2.35. The molecule has 0 heterocycles. The van der Waals surface area contributed by atoms with E-state index < -0.39 is 5.54 Å². The monoisotopic (exact) mass is 276 g/mol. The van der Waals surface area contributed by atoms with Gasteiger partial charge in [0, 0.05) is 5.69 Å². The third-order valence-corrected chi connectivity index (χ3v) is 4.17. The summed E-state index contributed by atoms with van der Waals surface area (Å²) >= 11 is 0. The summed E-state index contributed by atoms with van der Waals surface area (Å²) in [5.74, 6) is 1.23. The topological polar surface area (TPSA) is 64.3 Å². The van der Waals surface area contributed by atoms with E-state index in [1.165, 1.54) is 0 Å². The zero-order chi connectivity index (χ0) is 14.8. The zero-order valence-corrected chi connectivity index (χ0v) is 12.5. The van der Waals surface area contributed by atoms with Gasteiger partial charge in [-0.2, -0.15) is 0 Å². The van der Waals surface area contributed by atoms with E-state index in [9.17, 15) is 4.79 Å². The third-order valence-electron chi connectivity index (χ3n) is 4.17. The molecule has 0 spiro atoms. The van der Waals surface area contributed by atoms with Gasteiger partial charge in [-0.1, -0.05) is 19.8 Å². The molecule has 4 nitrogen and oxygen atoms in total. The highest BCUT2D eigenvalue weighted by Crippen LogP contribution is 2.32. The Morgan fingerprint density at radius 1 is 1.50 bits per heavy atom. The van der Waals surface area contributed by atoms with Crippen LogP contribution >= 0.6 is 0 Å². The minimum Gasteiger partial charge on any atom is -0.497 e. The molecular weight excluding hydrogens is 252 g/mol. The van der Waals surface area contributed by atoms with E-state index >= 15 is 0 Å². The fourth-order valence-corrected chi connectivity index (χ4v) is 2.95. The second kappa shape index (κ2) is 5.83. The second-order valence-electron chi connectivity index (χ2n) is 5.99. The second-order valence-corrected chi connectivity index (χ2v) is 5.99. The summed E-state index contributed by atoms with van der Waals surface area (Å²) in [6.45, 7) is 4.11. The molecule has 0 saturated heterocycles. The lowest BCUT2D eigenvalue weighted by molar-refractivity contribution is -0.122. The highest BCUT2D eigenvalue weighted by Gasteiger charge is 2.38. The number of nitrogens with two attached hydrogens (primary N) is 1. The van der Waals surface area contributed by atoms with Crippen molar-refractivity contribution in [1.29, 1.82) is 0 Å². The van der Waals surface area contributed by atoms with E-state index in [2.05, 4.69) is 12.2 Å². The first kappa shape index (κ1) is 14.9. The van der Waals surface area contributed by atoms with Crippen LogP contribution in [0.25, 0.3) is 0 Å². The Morgan fingerprint density at radius 2 is 2.25 bits per heavy atom. The lowest BCUT2D eigenvalue weighted by Crippen LogP contribution is -2.53. The smallest absolute Gasteiger partial charge is 0.244 e.